The molecule has 0 aromatic carbocycles. The summed E-state index contributed by atoms with van der Waals surface area (Å²) in [5.74, 6) is 0.0633. The Kier molecular flexibility index (Phi) is 14.1. The van der Waals surface area contributed by atoms with Crippen LogP contribution in [0, 0.1) is 0 Å². The van der Waals surface area contributed by atoms with Crippen LogP contribution in [-0.4, -0.2) is 60.8 Å². The van der Waals surface area contributed by atoms with Crippen LogP contribution in [0.1, 0.15) is 60.8 Å². The molecule has 6 nitrogen and oxygen atoms in total. The van der Waals surface area contributed by atoms with Gasteiger partial charge in [0.1, 0.15) is 0 Å². The number of carbonyl (C=O) groups excluding carboxylic acids is 1. The molecule has 1 N–H and O–H groups in total. The Morgan fingerprint density at radius 3 is 2.04 bits per heavy atom. The molecule has 0 saturated heterocycles. The first-order valence-corrected chi connectivity index (χ1v) is 11.0. The summed E-state index contributed by atoms with van der Waals surface area (Å²) < 4.78 is 23.5. The van der Waals surface area contributed by atoms with Gasteiger partial charge in [-0.05, 0) is 54.4 Å². The van der Waals surface area contributed by atoms with Gasteiger partial charge in [0, 0.05) is 26.2 Å². The fourth-order valence-corrected chi connectivity index (χ4v) is 2.56. The average molecular weight is 487 g/mol. The number of ether oxygens (including phenoxy) is 4. The first kappa shape index (κ1) is 26.0. The number of halogens is 1. The summed E-state index contributed by atoms with van der Waals surface area (Å²) >= 11 is 2.06. The molecule has 0 saturated carbocycles. The van der Waals surface area contributed by atoms with Crippen molar-refractivity contribution in [1.82, 2.24) is 5.32 Å². The molecule has 0 heterocycles. The molecule has 1 amide bonds. The Hall–Kier alpha value is 0.0400. The van der Waals surface area contributed by atoms with E-state index in [0.29, 0.717) is 43.8 Å². The summed E-state index contributed by atoms with van der Waals surface area (Å²) in [5, 5.41) is 2.88. The van der Waals surface area contributed by atoms with Crippen molar-refractivity contribution in [2.24, 2.45) is 0 Å². The van der Waals surface area contributed by atoms with E-state index in [1.54, 1.807) is 0 Å². The van der Waals surface area contributed by atoms with Crippen LogP contribution in [-0.2, 0) is 23.7 Å². The number of carbonyl (C=O) groups is 1. The zero-order valence-corrected chi connectivity index (χ0v) is 19.5. The molecular weight excluding hydrogens is 449 g/mol. The average Bonchev–Trinajstić information content (AvgIpc) is 2.54. The molecule has 156 valence electrons. The summed E-state index contributed by atoms with van der Waals surface area (Å²) in [6, 6.07) is 0. The van der Waals surface area contributed by atoms with Gasteiger partial charge in [-0.3, -0.25) is 4.79 Å². The van der Waals surface area contributed by atoms with Crippen molar-refractivity contribution in [2.75, 3.05) is 37.4 Å². The van der Waals surface area contributed by atoms with Crippen molar-refractivity contribution in [3.63, 3.8) is 0 Å². The van der Waals surface area contributed by atoms with Crippen LogP contribution in [0.2, 0.25) is 0 Å². The normalized spacial score (nSPS) is 12.6. The van der Waals surface area contributed by atoms with Crippen LogP contribution < -0.4 is 5.32 Å². The van der Waals surface area contributed by atoms with Gasteiger partial charge in [-0.2, -0.15) is 0 Å². The van der Waals surface area contributed by atoms with Crippen LogP contribution >= 0.6 is 22.6 Å². The highest BCUT2D eigenvalue weighted by Crippen LogP contribution is 2.20. The van der Waals surface area contributed by atoms with Gasteiger partial charge in [0.05, 0.1) is 28.8 Å². The first-order valence-electron chi connectivity index (χ1n) is 9.49. The van der Waals surface area contributed by atoms with Crippen LogP contribution in [0.25, 0.3) is 0 Å². The van der Waals surface area contributed by atoms with Gasteiger partial charge in [0.15, 0.2) is 6.29 Å². The number of hydrogen-bond acceptors (Lipinski definition) is 5. The monoisotopic (exact) mass is 487 g/mol. The van der Waals surface area contributed by atoms with Gasteiger partial charge in [-0.1, -0.05) is 22.6 Å². The number of hydrogen-bond donors (Lipinski definition) is 1. The molecule has 0 aromatic rings. The van der Waals surface area contributed by atoms with Gasteiger partial charge in [-0.15, -0.1) is 0 Å². The van der Waals surface area contributed by atoms with Crippen LogP contribution in [0.15, 0.2) is 0 Å². The topological polar surface area (TPSA) is 66.0 Å². The Labute approximate surface area is 173 Å². The number of amides is 1. The van der Waals surface area contributed by atoms with Crippen LogP contribution in [0.3, 0.4) is 0 Å². The van der Waals surface area contributed by atoms with Gasteiger partial charge in [0.2, 0.25) is 5.91 Å². The molecule has 0 aromatic heterocycles. The molecule has 0 atom stereocenters. The van der Waals surface area contributed by atoms with E-state index in [1.807, 2.05) is 27.7 Å². The lowest BCUT2D eigenvalue weighted by Gasteiger charge is -2.30. The maximum absolute atomic E-state index is 11.3. The maximum Gasteiger partial charge on any atom is 0.229 e. The third-order valence-corrected chi connectivity index (χ3v) is 4.61. The molecule has 7 heteroatoms. The third-order valence-electron chi connectivity index (χ3n) is 3.92. The van der Waals surface area contributed by atoms with E-state index in [-0.39, 0.29) is 23.4 Å². The number of rotatable bonds is 16. The molecule has 0 rings (SSSR count). The second-order valence-corrected chi connectivity index (χ2v) is 8.09. The second kappa shape index (κ2) is 14.1. The minimum absolute atomic E-state index is 0.0633. The van der Waals surface area contributed by atoms with Crippen molar-refractivity contribution in [2.45, 2.75) is 78.3 Å². The highest BCUT2D eigenvalue weighted by Gasteiger charge is 2.23. The van der Waals surface area contributed by atoms with E-state index in [9.17, 15) is 4.79 Å². The SMILES string of the molecule is CCOC(CCOC(C)(C)CCOC(C)(C)CCNC(=O)CI)OCC. The van der Waals surface area contributed by atoms with Crippen LogP contribution in [0.4, 0.5) is 0 Å². The Morgan fingerprint density at radius 1 is 0.962 bits per heavy atom. The van der Waals surface area contributed by atoms with Crippen molar-refractivity contribution in [3.05, 3.63) is 0 Å². The lowest BCUT2D eigenvalue weighted by Crippen LogP contribution is -2.35. The summed E-state index contributed by atoms with van der Waals surface area (Å²) in [6.07, 6.45) is 2.09. The third kappa shape index (κ3) is 14.1. The molecule has 0 unspecified atom stereocenters. The van der Waals surface area contributed by atoms with Crippen molar-refractivity contribution in [1.29, 1.82) is 0 Å². The van der Waals surface area contributed by atoms with E-state index >= 15 is 0 Å². The molecule has 0 radical (unpaired) electrons. The lowest BCUT2D eigenvalue weighted by atomic mass is 10.0. The molecule has 0 aliphatic rings. The van der Waals surface area contributed by atoms with Crippen molar-refractivity contribution < 1.29 is 23.7 Å². The summed E-state index contributed by atoms with van der Waals surface area (Å²) in [5.41, 5.74) is -0.544. The second-order valence-electron chi connectivity index (χ2n) is 7.33. The predicted molar refractivity (Wildman–Crippen MR) is 113 cm³/mol. The predicted octanol–water partition coefficient (Wildman–Crippen LogP) is 3.70. The molecule has 0 aliphatic heterocycles. The van der Waals surface area contributed by atoms with Gasteiger partial charge in [0.25, 0.3) is 0 Å². The van der Waals surface area contributed by atoms with Crippen molar-refractivity contribution >= 4 is 28.5 Å². The van der Waals surface area contributed by atoms with Crippen LogP contribution in [0.5, 0.6) is 0 Å². The smallest absolute Gasteiger partial charge is 0.229 e. The highest BCUT2D eigenvalue weighted by atomic mass is 127. The van der Waals surface area contributed by atoms with E-state index in [1.165, 1.54) is 0 Å². The standard InChI is InChI=1S/C19H38INO5/c1-7-23-17(24-8-2)9-13-25-19(5,6)11-14-26-18(3,4)10-12-21-16(22)15-20/h17H,7-15H2,1-6H3,(H,21,22). The Morgan fingerprint density at radius 2 is 1.50 bits per heavy atom. The van der Waals surface area contributed by atoms with E-state index in [0.717, 1.165) is 12.8 Å². The van der Waals surface area contributed by atoms with Gasteiger partial charge in [-0.25, -0.2) is 0 Å². The maximum atomic E-state index is 11.3. The van der Waals surface area contributed by atoms with Gasteiger partial charge >= 0.3 is 0 Å². The van der Waals surface area contributed by atoms with E-state index in [2.05, 4.69) is 41.8 Å². The number of nitrogens with one attached hydrogen (secondary N) is 1. The van der Waals surface area contributed by atoms with Gasteiger partial charge < -0.3 is 24.3 Å². The van der Waals surface area contributed by atoms with Crippen molar-refractivity contribution in [3.8, 4) is 0 Å². The minimum Gasteiger partial charge on any atom is -0.375 e. The molecule has 26 heavy (non-hydrogen) atoms. The first-order chi connectivity index (χ1) is 12.2. The molecule has 0 fully saturated rings. The molecule has 0 aliphatic carbocycles. The largest absolute Gasteiger partial charge is 0.375 e. The molecule has 0 bridgehead atoms. The Balaban J connectivity index is 4.04. The molecule has 0 spiro atoms. The lowest BCUT2D eigenvalue weighted by molar-refractivity contribution is -0.156. The molecular formula is C19H38INO5. The number of alkyl halides is 1. The van der Waals surface area contributed by atoms with E-state index in [4.69, 9.17) is 18.9 Å². The summed E-state index contributed by atoms with van der Waals surface area (Å²) in [7, 11) is 0. The zero-order chi connectivity index (χ0) is 20.1. The minimum atomic E-state index is -0.274. The fourth-order valence-electron chi connectivity index (χ4n) is 2.29. The summed E-state index contributed by atoms with van der Waals surface area (Å²) in [6.45, 7) is 15.3. The quantitative estimate of drug-likeness (QED) is 0.204. The highest BCUT2D eigenvalue weighted by molar-refractivity contribution is 14.1. The summed E-state index contributed by atoms with van der Waals surface area (Å²) in [4.78, 5) is 11.3. The van der Waals surface area contributed by atoms with E-state index < -0.39 is 0 Å². The zero-order valence-electron chi connectivity index (χ0n) is 17.4. The Bertz CT molecular complexity index is 371. The fraction of sp³-hybridized carbons (Fsp3) is 0.947.